The van der Waals surface area contributed by atoms with Crippen molar-refractivity contribution < 1.29 is 4.79 Å². The van der Waals surface area contributed by atoms with Gasteiger partial charge in [0.15, 0.2) is 0 Å². The minimum absolute atomic E-state index is 0.174. The Labute approximate surface area is 134 Å². The SMILES string of the molecule is O=C1N(c2cncnc2)CC[C@]12CCCN(c1ncccn1)C2. The highest BCUT2D eigenvalue weighted by Gasteiger charge is 2.49. The Morgan fingerprint density at radius 3 is 2.61 bits per heavy atom. The van der Waals surface area contributed by atoms with Crippen LogP contribution in [0, 0.1) is 5.41 Å². The van der Waals surface area contributed by atoms with E-state index < -0.39 is 0 Å². The number of carbonyl (C=O) groups excluding carboxylic acids is 1. The zero-order chi connectivity index (χ0) is 15.7. The minimum atomic E-state index is -0.340. The Hall–Kier alpha value is -2.57. The molecule has 0 N–H and O–H groups in total. The zero-order valence-corrected chi connectivity index (χ0v) is 12.8. The molecule has 7 nitrogen and oxygen atoms in total. The predicted molar refractivity (Wildman–Crippen MR) is 84.9 cm³/mol. The van der Waals surface area contributed by atoms with Crippen LogP contribution in [0.3, 0.4) is 0 Å². The molecule has 2 aromatic heterocycles. The molecule has 4 heterocycles. The second-order valence-corrected chi connectivity index (χ2v) is 6.16. The summed E-state index contributed by atoms with van der Waals surface area (Å²) in [6.07, 6.45) is 11.1. The van der Waals surface area contributed by atoms with Gasteiger partial charge in [-0.25, -0.2) is 19.9 Å². The molecule has 1 atom stereocenters. The number of amides is 1. The van der Waals surface area contributed by atoms with Gasteiger partial charge in [-0.15, -0.1) is 0 Å². The molecule has 2 aliphatic heterocycles. The lowest BCUT2D eigenvalue weighted by Crippen LogP contribution is -2.48. The van der Waals surface area contributed by atoms with Crippen molar-refractivity contribution >= 4 is 17.5 Å². The number of rotatable bonds is 2. The lowest BCUT2D eigenvalue weighted by molar-refractivity contribution is -0.126. The molecule has 2 aromatic rings. The standard InChI is InChI=1S/C16H18N6O/c23-14-16(4-8-22(14)13-9-17-12-18-10-13)3-1-7-21(11-16)15-19-5-2-6-20-15/h2,5-6,9-10,12H,1,3-4,7-8,11H2/t16-/m0/s1. The molecule has 23 heavy (non-hydrogen) atoms. The average Bonchev–Trinajstić information content (AvgIpc) is 2.93. The first-order chi connectivity index (χ1) is 11.3. The highest BCUT2D eigenvalue weighted by atomic mass is 16.2. The first kappa shape index (κ1) is 14.0. The molecule has 2 aliphatic rings. The summed E-state index contributed by atoms with van der Waals surface area (Å²) in [6.45, 7) is 2.29. The maximum atomic E-state index is 13.1. The monoisotopic (exact) mass is 310 g/mol. The summed E-state index contributed by atoms with van der Waals surface area (Å²) in [6, 6.07) is 1.81. The number of piperidine rings is 1. The van der Waals surface area contributed by atoms with Gasteiger partial charge in [0.25, 0.3) is 0 Å². The first-order valence-electron chi connectivity index (χ1n) is 7.87. The largest absolute Gasteiger partial charge is 0.340 e. The molecule has 0 bridgehead atoms. The number of nitrogens with zero attached hydrogens (tertiary/aromatic N) is 6. The molecule has 2 saturated heterocycles. The fourth-order valence-electron chi connectivity index (χ4n) is 3.63. The van der Waals surface area contributed by atoms with Crippen molar-refractivity contribution in [1.29, 1.82) is 0 Å². The van der Waals surface area contributed by atoms with Gasteiger partial charge >= 0.3 is 0 Å². The van der Waals surface area contributed by atoms with Gasteiger partial charge in [0.1, 0.15) is 6.33 Å². The fraction of sp³-hybridized carbons (Fsp3) is 0.438. The molecular formula is C16H18N6O. The maximum absolute atomic E-state index is 13.1. The molecule has 0 aliphatic carbocycles. The molecular weight excluding hydrogens is 292 g/mol. The first-order valence-corrected chi connectivity index (χ1v) is 7.87. The van der Waals surface area contributed by atoms with Gasteiger partial charge in [-0.05, 0) is 25.3 Å². The van der Waals surface area contributed by atoms with Gasteiger partial charge in [-0.1, -0.05) is 0 Å². The smallest absolute Gasteiger partial charge is 0.235 e. The fourth-order valence-corrected chi connectivity index (χ4v) is 3.63. The van der Waals surface area contributed by atoms with Crippen molar-refractivity contribution in [1.82, 2.24) is 19.9 Å². The van der Waals surface area contributed by atoms with Crippen LogP contribution in [0.1, 0.15) is 19.3 Å². The summed E-state index contributed by atoms with van der Waals surface area (Å²) in [7, 11) is 0. The van der Waals surface area contributed by atoms with Crippen LogP contribution in [0.5, 0.6) is 0 Å². The number of anilines is 2. The average molecular weight is 310 g/mol. The van der Waals surface area contributed by atoms with Crippen LogP contribution in [0.15, 0.2) is 37.2 Å². The number of carbonyl (C=O) groups is 1. The molecule has 1 spiro atoms. The van der Waals surface area contributed by atoms with Gasteiger partial charge in [0, 0.05) is 32.0 Å². The van der Waals surface area contributed by atoms with E-state index in [0.29, 0.717) is 12.5 Å². The molecule has 7 heteroatoms. The molecule has 4 rings (SSSR count). The lowest BCUT2D eigenvalue weighted by Gasteiger charge is -2.38. The highest BCUT2D eigenvalue weighted by Crippen LogP contribution is 2.42. The van der Waals surface area contributed by atoms with E-state index in [2.05, 4.69) is 24.8 Å². The second-order valence-electron chi connectivity index (χ2n) is 6.16. The van der Waals surface area contributed by atoms with Crippen molar-refractivity contribution in [2.45, 2.75) is 19.3 Å². The van der Waals surface area contributed by atoms with Crippen molar-refractivity contribution in [2.75, 3.05) is 29.4 Å². The normalized spacial score (nSPS) is 24.4. The van der Waals surface area contributed by atoms with E-state index in [-0.39, 0.29) is 11.3 Å². The van der Waals surface area contributed by atoms with E-state index in [0.717, 1.165) is 38.0 Å². The van der Waals surface area contributed by atoms with E-state index in [4.69, 9.17) is 0 Å². The van der Waals surface area contributed by atoms with Gasteiger partial charge in [0.2, 0.25) is 11.9 Å². The van der Waals surface area contributed by atoms with Gasteiger partial charge in [-0.2, -0.15) is 0 Å². The Kier molecular flexibility index (Phi) is 3.40. The third kappa shape index (κ3) is 2.42. The van der Waals surface area contributed by atoms with Crippen molar-refractivity contribution in [3.63, 3.8) is 0 Å². The van der Waals surface area contributed by atoms with Crippen LogP contribution >= 0.6 is 0 Å². The zero-order valence-electron chi connectivity index (χ0n) is 12.8. The minimum Gasteiger partial charge on any atom is -0.340 e. The van der Waals surface area contributed by atoms with Gasteiger partial charge in [-0.3, -0.25) is 4.79 Å². The van der Waals surface area contributed by atoms with Crippen LogP contribution < -0.4 is 9.80 Å². The Morgan fingerprint density at radius 2 is 1.83 bits per heavy atom. The van der Waals surface area contributed by atoms with Crippen LogP contribution in [0.4, 0.5) is 11.6 Å². The third-order valence-electron chi connectivity index (χ3n) is 4.78. The molecule has 0 unspecified atom stereocenters. The number of hydrogen-bond acceptors (Lipinski definition) is 6. The quantitative estimate of drug-likeness (QED) is 0.832. The third-order valence-corrected chi connectivity index (χ3v) is 4.78. The molecule has 1 amide bonds. The van der Waals surface area contributed by atoms with Crippen LogP contribution in [-0.4, -0.2) is 45.5 Å². The summed E-state index contributed by atoms with van der Waals surface area (Å²) in [5, 5.41) is 0. The van der Waals surface area contributed by atoms with Crippen molar-refractivity contribution in [3.8, 4) is 0 Å². The van der Waals surface area contributed by atoms with Gasteiger partial charge < -0.3 is 9.80 Å². The number of aromatic nitrogens is 4. The van der Waals surface area contributed by atoms with E-state index in [1.54, 1.807) is 30.9 Å². The Balaban J connectivity index is 1.58. The molecule has 118 valence electrons. The molecule has 0 aromatic carbocycles. The summed E-state index contributed by atoms with van der Waals surface area (Å²) in [4.78, 5) is 33.7. The van der Waals surface area contributed by atoms with Crippen molar-refractivity contribution in [2.24, 2.45) is 5.41 Å². The van der Waals surface area contributed by atoms with Crippen molar-refractivity contribution in [3.05, 3.63) is 37.2 Å². The van der Waals surface area contributed by atoms with Crippen LogP contribution in [0.2, 0.25) is 0 Å². The lowest BCUT2D eigenvalue weighted by atomic mass is 9.78. The predicted octanol–water partition coefficient (Wildman–Crippen LogP) is 1.29. The highest BCUT2D eigenvalue weighted by molar-refractivity contribution is 6.00. The van der Waals surface area contributed by atoms with E-state index in [9.17, 15) is 4.79 Å². The molecule has 2 fully saturated rings. The summed E-state index contributed by atoms with van der Waals surface area (Å²) in [5.41, 5.74) is 0.440. The van der Waals surface area contributed by atoms with Crippen LogP contribution in [0.25, 0.3) is 0 Å². The van der Waals surface area contributed by atoms with E-state index in [1.165, 1.54) is 6.33 Å². The Bertz CT molecular complexity index is 694. The van der Waals surface area contributed by atoms with E-state index in [1.807, 2.05) is 4.90 Å². The van der Waals surface area contributed by atoms with Gasteiger partial charge in [0.05, 0.1) is 23.5 Å². The van der Waals surface area contributed by atoms with E-state index >= 15 is 0 Å². The maximum Gasteiger partial charge on any atom is 0.235 e. The summed E-state index contributed by atoms with van der Waals surface area (Å²) in [5.74, 6) is 0.883. The topological polar surface area (TPSA) is 75.1 Å². The molecule has 0 radical (unpaired) electrons. The summed E-state index contributed by atoms with van der Waals surface area (Å²) >= 11 is 0. The summed E-state index contributed by atoms with van der Waals surface area (Å²) < 4.78 is 0. The molecule has 0 saturated carbocycles. The Morgan fingerprint density at radius 1 is 1.04 bits per heavy atom. The second kappa shape index (κ2) is 5.57. The van der Waals surface area contributed by atoms with Crippen LogP contribution in [-0.2, 0) is 4.79 Å². The number of hydrogen-bond donors (Lipinski definition) is 0.